The van der Waals surface area contributed by atoms with E-state index in [9.17, 15) is 18.3 Å². The minimum absolute atomic E-state index is 0.104. The lowest BCUT2D eigenvalue weighted by Crippen LogP contribution is -2.46. The summed E-state index contributed by atoms with van der Waals surface area (Å²) in [6, 6.07) is 3.80. The van der Waals surface area contributed by atoms with Gasteiger partial charge in [-0.3, -0.25) is 4.90 Å². The lowest BCUT2D eigenvalue weighted by Gasteiger charge is -2.35. The van der Waals surface area contributed by atoms with Gasteiger partial charge in [-0.1, -0.05) is 22.0 Å². The van der Waals surface area contributed by atoms with Crippen molar-refractivity contribution < 1.29 is 18.3 Å². The Bertz CT molecular complexity index is 461. The number of aromatic hydroxyl groups is 1. The molecule has 1 fully saturated rings. The van der Waals surface area contributed by atoms with Crippen molar-refractivity contribution >= 4 is 15.9 Å². The standard InChI is InChI=1S/C13H16BrF3N2O/c14-9-1-2-10(12(20)7-9)11(8-13(15,16)17)19-5-3-18-4-6-19/h1-2,7,11,18,20H,3-6,8H2/t11-/m0/s1. The number of hydrogen-bond acceptors (Lipinski definition) is 3. The van der Waals surface area contributed by atoms with Crippen molar-refractivity contribution in [2.45, 2.75) is 18.6 Å². The summed E-state index contributed by atoms with van der Waals surface area (Å²) in [6.07, 6.45) is -5.22. The van der Waals surface area contributed by atoms with Gasteiger partial charge in [0.2, 0.25) is 0 Å². The van der Waals surface area contributed by atoms with Gasteiger partial charge in [0.05, 0.1) is 6.42 Å². The summed E-state index contributed by atoms with van der Waals surface area (Å²) in [5.41, 5.74) is 0.326. The zero-order valence-corrected chi connectivity index (χ0v) is 12.3. The first-order valence-electron chi connectivity index (χ1n) is 6.37. The summed E-state index contributed by atoms with van der Waals surface area (Å²) in [6.45, 7) is 2.39. The average Bonchev–Trinajstić information content (AvgIpc) is 2.36. The molecule has 1 atom stereocenters. The number of rotatable bonds is 3. The molecule has 0 spiro atoms. The Morgan fingerprint density at radius 2 is 1.95 bits per heavy atom. The molecule has 0 aliphatic carbocycles. The van der Waals surface area contributed by atoms with E-state index in [1.165, 1.54) is 6.07 Å². The van der Waals surface area contributed by atoms with Crippen LogP contribution in [0.4, 0.5) is 13.2 Å². The van der Waals surface area contributed by atoms with Crippen molar-refractivity contribution in [2.75, 3.05) is 26.2 Å². The average molecular weight is 353 g/mol. The fourth-order valence-electron chi connectivity index (χ4n) is 2.45. The van der Waals surface area contributed by atoms with Crippen LogP contribution in [0.2, 0.25) is 0 Å². The van der Waals surface area contributed by atoms with Crippen LogP contribution in [-0.4, -0.2) is 42.4 Å². The molecule has 1 aliphatic heterocycles. The monoisotopic (exact) mass is 352 g/mol. The molecule has 1 aliphatic rings. The van der Waals surface area contributed by atoms with Crippen molar-refractivity contribution in [2.24, 2.45) is 0 Å². The number of alkyl halides is 3. The SMILES string of the molecule is Oc1cc(Br)ccc1[C@H](CC(F)(F)F)N1CCNCC1. The van der Waals surface area contributed by atoms with Crippen LogP contribution in [0.3, 0.4) is 0 Å². The second kappa shape index (κ2) is 6.32. The molecule has 3 nitrogen and oxygen atoms in total. The number of halogens is 4. The highest BCUT2D eigenvalue weighted by atomic mass is 79.9. The second-order valence-corrected chi connectivity index (χ2v) is 5.74. The highest BCUT2D eigenvalue weighted by Crippen LogP contribution is 2.38. The van der Waals surface area contributed by atoms with Gasteiger partial charge in [-0.15, -0.1) is 0 Å². The van der Waals surface area contributed by atoms with Gasteiger partial charge in [-0.05, 0) is 12.1 Å². The number of piperazine rings is 1. The van der Waals surface area contributed by atoms with Crippen LogP contribution in [0.5, 0.6) is 5.75 Å². The van der Waals surface area contributed by atoms with E-state index in [2.05, 4.69) is 21.2 Å². The summed E-state index contributed by atoms with van der Waals surface area (Å²) in [5, 5.41) is 13.1. The topological polar surface area (TPSA) is 35.5 Å². The quantitative estimate of drug-likeness (QED) is 0.877. The third kappa shape index (κ3) is 4.10. The summed E-state index contributed by atoms with van der Waals surface area (Å²) in [5.74, 6) is -0.104. The van der Waals surface area contributed by atoms with E-state index in [0.717, 1.165) is 0 Å². The smallest absolute Gasteiger partial charge is 0.390 e. The van der Waals surface area contributed by atoms with Crippen molar-refractivity contribution in [3.8, 4) is 5.75 Å². The fraction of sp³-hybridized carbons (Fsp3) is 0.538. The first kappa shape index (κ1) is 15.6. The molecule has 1 saturated heterocycles. The number of nitrogens with one attached hydrogen (secondary N) is 1. The van der Waals surface area contributed by atoms with Gasteiger partial charge in [-0.2, -0.15) is 13.2 Å². The molecule has 0 saturated carbocycles. The van der Waals surface area contributed by atoms with Gasteiger partial charge in [0, 0.05) is 42.3 Å². The van der Waals surface area contributed by atoms with Crippen LogP contribution in [0.15, 0.2) is 22.7 Å². The van der Waals surface area contributed by atoms with E-state index in [1.807, 2.05) is 0 Å². The molecule has 2 N–H and O–H groups in total. The highest BCUT2D eigenvalue weighted by molar-refractivity contribution is 9.10. The molecule has 0 unspecified atom stereocenters. The van der Waals surface area contributed by atoms with Crippen molar-refractivity contribution in [3.05, 3.63) is 28.2 Å². The van der Waals surface area contributed by atoms with E-state index in [1.54, 1.807) is 17.0 Å². The molecule has 20 heavy (non-hydrogen) atoms. The number of hydrogen-bond donors (Lipinski definition) is 2. The maximum Gasteiger partial charge on any atom is 0.390 e. The highest BCUT2D eigenvalue weighted by Gasteiger charge is 2.36. The molecule has 1 aromatic rings. The van der Waals surface area contributed by atoms with Gasteiger partial charge in [0.15, 0.2) is 0 Å². The Morgan fingerprint density at radius 1 is 1.30 bits per heavy atom. The number of phenolic OH excluding ortho intramolecular Hbond substituents is 1. The van der Waals surface area contributed by atoms with Gasteiger partial charge in [-0.25, -0.2) is 0 Å². The third-order valence-corrected chi connectivity index (χ3v) is 3.86. The van der Waals surface area contributed by atoms with E-state index in [4.69, 9.17) is 0 Å². The van der Waals surface area contributed by atoms with Crippen molar-refractivity contribution in [1.82, 2.24) is 10.2 Å². The second-order valence-electron chi connectivity index (χ2n) is 4.82. The lowest BCUT2D eigenvalue weighted by atomic mass is 10.00. The molecule has 1 heterocycles. The fourth-order valence-corrected chi connectivity index (χ4v) is 2.80. The predicted molar refractivity (Wildman–Crippen MR) is 73.7 cm³/mol. The van der Waals surface area contributed by atoms with E-state index in [0.29, 0.717) is 36.2 Å². The number of nitrogens with zero attached hydrogens (tertiary/aromatic N) is 1. The Hall–Kier alpha value is -0.790. The normalized spacial score (nSPS) is 19.0. The third-order valence-electron chi connectivity index (χ3n) is 3.37. The van der Waals surface area contributed by atoms with E-state index in [-0.39, 0.29) is 5.75 Å². The van der Waals surface area contributed by atoms with Crippen LogP contribution < -0.4 is 5.32 Å². The maximum atomic E-state index is 12.8. The Balaban J connectivity index is 2.29. The molecular weight excluding hydrogens is 337 g/mol. The minimum Gasteiger partial charge on any atom is -0.508 e. The summed E-state index contributed by atoms with van der Waals surface area (Å²) in [4.78, 5) is 1.77. The predicted octanol–water partition coefficient (Wildman–Crippen LogP) is 3.05. The summed E-state index contributed by atoms with van der Waals surface area (Å²) >= 11 is 3.20. The number of phenols is 1. The molecule has 7 heteroatoms. The van der Waals surface area contributed by atoms with Crippen molar-refractivity contribution in [3.63, 3.8) is 0 Å². The molecule has 1 aromatic carbocycles. The molecular formula is C13H16BrF3N2O. The molecule has 0 amide bonds. The Morgan fingerprint density at radius 3 is 2.50 bits per heavy atom. The van der Waals surface area contributed by atoms with E-state index < -0.39 is 18.6 Å². The molecule has 0 radical (unpaired) electrons. The van der Waals surface area contributed by atoms with Crippen molar-refractivity contribution in [1.29, 1.82) is 0 Å². The summed E-state index contributed by atoms with van der Waals surface area (Å²) < 4.78 is 39.1. The van der Waals surface area contributed by atoms with Gasteiger partial charge >= 0.3 is 6.18 Å². The van der Waals surface area contributed by atoms with Crippen LogP contribution in [0, 0.1) is 0 Å². The molecule has 112 valence electrons. The van der Waals surface area contributed by atoms with Gasteiger partial charge < -0.3 is 10.4 Å². The van der Waals surface area contributed by atoms with Crippen LogP contribution in [0.1, 0.15) is 18.0 Å². The Kier molecular flexibility index (Phi) is 4.93. The zero-order chi connectivity index (χ0) is 14.8. The molecule has 0 aromatic heterocycles. The van der Waals surface area contributed by atoms with Gasteiger partial charge in [0.1, 0.15) is 5.75 Å². The number of benzene rings is 1. The van der Waals surface area contributed by atoms with Crippen LogP contribution in [-0.2, 0) is 0 Å². The molecule has 2 rings (SSSR count). The van der Waals surface area contributed by atoms with Crippen LogP contribution in [0.25, 0.3) is 0 Å². The summed E-state index contributed by atoms with van der Waals surface area (Å²) in [7, 11) is 0. The maximum absolute atomic E-state index is 12.8. The first-order chi connectivity index (χ1) is 9.37. The molecule has 0 bridgehead atoms. The lowest BCUT2D eigenvalue weighted by molar-refractivity contribution is -0.148. The zero-order valence-electron chi connectivity index (χ0n) is 10.8. The van der Waals surface area contributed by atoms with Crippen LogP contribution >= 0.6 is 15.9 Å². The minimum atomic E-state index is -4.27. The van der Waals surface area contributed by atoms with Gasteiger partial charge in [0.25, 0.3) is 0 Å². The Labute approximate surface area is 123 Å². The largest absolute Gasteiger partial charge is 0.508 e. The van der Waals surface area contributed by atoms with E-state index >= 15 is 0 Å². The first-order valence-corrected chi connectivity index (χ1v) is 7.16.